The summed E-state index contributed by atoms with van der Waals surface area (Å²) in [6, 6.07) is 14.0. The second kappa shape index (κ2) is 9.03. The van der Waals surface area contributed by atoms with Gasteiger partial charge >= 0.3 is 0 Å². The molecule has 146 valence electrons. The van der Waals surface area contributed by atoms with E-state index in [0.717, 1.165) is 0 Å². The number of ether oxygens (including phenoxy) is 2. The van der Waals surface area contributed by atoms with E-state index in [1.807, 2.05) is 18.2 Å². The van der Waals surface area contributed by atoms with E-state index in [0.29, 0.717) is 42.2 Å². The smallest absolute Gasteiger partial charge is 0.261 e. The highest BCUT2D eigenvalue weighted by Gasteiger charge is 2.34. The number of rotatable bonds is 9. The van der Waals surface area contributed by atoms with Crippen LogP contribution in [0.15, 0.2) is 48.5 Å². The van der Waals surface area contributed by atoms with Crippen molar-refractivity contribution < 1.29 is 23.9 Å². The third-order valence-electron chi connectivity index (χ3n) is 4.40. The van der Waals surface area contributed by atoms with Crippen LogP contribution in [0.5, 0.6) is 11.5 Å². The summed E-state index contributed by atoms with van der Waals surface area (Å²) in [5.41, 5.74) is 0.846. The van der Waals surface area contributed by atoms with E-state index in [1.165, 1.54) is 4.90 Å². The van der Waals surface area contributed by atoms with Crippen molar-refractivity contribution >= 4 is 17.7 Å². The number of hydrogen-bond donors (Lipinski definition) is 1. The summed E-state index contributed by atoms with van der Waals surface area (Å²) < 4.78 is 10.7. The fourth-order valence-corrected chi connectivity index (χ4v) is 2.98. The van der Waals surface area contributed by atoms with Crippen molar-refractivity contribution in [2.24, 2.45) is 0 Å². The topological polar surface area (TPSA) is 84.9 Å². The lowest BCUT2D eigenvalue weighted by atomic mass is 10.1. The summed E-state index contributed by atoms with van der Waals surface area (Å²) in [5.74, 6) is 0.625. The molecular weight excluding hydrogens is 360 g/mol. The highest BCUT2D eigenvalue weighted by atomic mass is 16.5. The number of fused-ring (bicyclic) bond motifs is 1. The van der Waals surface area contributed by atoms with Gasteiger partial charge < -0.3 is 14.8 Å². The Balaban J connectivity index is 1.35. The Bertz CT molecular complexity index is 846. The minimum atomic E-state index is -0.298. The van der Waals surface area contributed by atoms with Gasteiger partial charge in [-0.1, -0.05) is 18.2 Å². The largest absolute Gasteiger partial charge is 0.497 e. The van der Waals surface area contributed by atoms with Crippen LogP contribution in [0, 0.1) is 0 Å². The molecule has 0 fully saturated rings. The zero-order valence-corrected chi connectivity index (χ0v) is 15.6. The molecule has 1 heterocycles. The molecule has 7 heteroatoms. The summed E-state index contributed by atoms with van der Waals surface area (Å²) in [4.78, 5) is 37.6. The maximum absolute atomic E-state index is 12.3. The molecule has 2 aromatic rings. The number of carbonyl (C=O) groups excluding carboxylic acids is 3. The maximum Gasteiger partial charge on any atom is 0.261 e. The summed E-state index contributed by atoms with van der Waals surface area (Å²) in [7, 11) is 1.58. The highest BCUT2D eigenvalue weighted by molar-refractivity contribution is 6.21. The molecular formula is C21H22N2O5. The summed E-state index contributed by atoms with van der Waals surface area (Å²) in [6.45, 7) is 0.917. The minimum Gasteiger partial charge on any atom is -0.497 e. The second-order valence-electron chi connectivity index (χ2n) is 6.29. The number of nitrogens with one attached hydrogen (secondary N) is 1. The minimum absolute atomic E-state index is 0.147. The third-order valence-corrected chi connectivity index (χ3v) is 4.40. The van der Waals surface area contributed by atoms with Crippen molar-refractivity contribution in [3.63, 3.8) is 0 Å². The molecule has 28 heavy (non-hydrogen) atoms. The Kier molecular flexibility index (Phi) is 6.26. The fourth-order valence-electron chi connectivity index (χ4n) is 2.98. The molecule has 0 saturated carbocycles. The van der Waals surface area contributed by atoms with Crippen LogP contribution in [0.4, 0.5) is 0 Å². The first-order chi connectivity index (χ1) is 13.6. The molecule has 1 aliphatic heterocycles. The lowest BCUT2D eigenvalue weighted by Gasteiger charge is -2.13. The van der Waals surface area contributed by atoms with Crippen LogP contribution < -0.4 is 14.8 Å². The van der Waals surface area contributed by atoms with Crippen molar-refractivity contribution in [2.45, 2.75) is 12.8 Å². The molecule has 0 aliphatic carbocycles. The number of amides is 3. The van der Waals surface area contributed by atoms with Gasteiger partial charge in [0.25, 0.3) is 11.8 Å². The van der Waals surface area contributed by atoms with Crippen molar-refractivity contribution in [1.29, 1.82) is 0 Å². The Hall–Kier alpha value is -3.35. The van der Waals surface area contributed by atoms with Crippen LogP contribution in [-0.2, 0) is 4.79 Å². The monoisotopic (exact) mass is 382 g/mol. The zero-order valence-electron chi connectivity index (χ0n) is 15.6. The van der Waals surface area contributed by atoms with E-state index in [-0.39, 0.29) is 30.7 Å². The first-order valence-electron chi connectivity index (χ1n) is 9.09. The number of benzene rings is 2. The molecule has 0 spiro atoms. The first kappa shape index (κ1) is 19.4. The van der Waals surface area contributed by atoms with E-state index >= 15 is 0 Å². The molecule has 1 N–H and O–H groups in total. The summed E-state index contributed by atoms with van der Waals surface area (Å²) in [6.07, 6.45) is 0.639. The molecule has 0 bridgehead atoms. The van der Waals surface area contributed by atoms with Gasteiger partial charge in [-0.05, 0) is 30.7 Å². The van der Waals surface area contributed by atoms with Crippen molar-refractivity contribution in [3.8, 4) is 11.5 Å². The van der Waals surface area contributed by atoms with E-state index in [4.69, 9.17) is 9.47 Å². The van der Waals surface area contributed by atoms with Crippen molar-refractivity contribution in [3.05, 3.63) is 59.7 Å². The van der Waals surface area contributed by atoms with Gasteiger partial charge in [-0.15, -0.1) is 0 Å². The SMILES string of the molecule is COc1cccc(OCCNC(=O)CCCN2C(=O)c3ccccc3C2=O)c1. The van der Waals surface area contributed by atoms with Crippen LogP contribution in [0.25, 0.3) is 0 Å². The van der Waals surface area contributed by atoms with Crippen molar-refractivity contribution in [1.82, 2.24) is 10.2 Å². The van der Waals surface area contributed by atoms with E-state index in [1.54, 1.807) is 37.4 Å². The Morgan fingerprint density at radius 2 is 1.68 bits per heavy atom. The van der Waals surface area contributed by atoms with Crippen LogP contribution in [0.1, 0.15) is 33.6 Å². The van der Waals surface area contributed by atoms with E-state index in [9.17, 15) is 14.4 Å². The number of nitrogens with zero attached hydrogens (tertiary/aromatic N) is 1. The van der Waals surface area contributed by atoms with Crippen LogP contribution in [-0.4, -0.2) is 49.4 Å². The van der Waals surface area contributed by atoms with Gasteiger partial charge in [-0.2, -0.15) is 0 Å². The molecule has 0 atom stereocenters. The average Bonchev–Trinajstić information content (AvgIpc) is 2.96. The van der Waals surface area contributed by atoms with Gasteiger partial charge in [0.05, 0.1) is 24.8 Å². The van der Waals surface area contributed by atoms with Gasteiger partial charge in [0.2, 0.25) is 5.91 Å². The van der Waals surface area contributed by atoms with Crippen molar-refractivity contribution in [2.75, 3.05) is 26.8 Å². The van der Waals surface area contributed by atoms with Gasteiger partial charge in [0.1, 0.15) is 18.1 Å². The van der Waals surface area contributed by atoms with Gasteiger partial charge in [-0.3, -0.25) is 19.3 Å². The molecule has 0 unspecified atom stereocenters. The molecule has 1 aliphatic rings. The third kappa shape index (κ3) is 4.49. The van der Waals surface area contributed by atoms with Crippen LogP contribution in [0.2, 0.25) is 0 Å². The highest BCUT2D eigenvalue weighted by Crippen LogP contribution is 2.22. The van der Waals surface area contributed by atoms with Gasteiger partial charge in [-0.25, -0.2) is 0 Å². The Morgan fingerprint density at radius 1 is 1.00 bits per heavy atom. The molecule has 0 saturated heterocycles. The first-order valence-corrected chi connectivity index (χ1v) is 9.09. The summed E-state index contributed by atoms with van der Waals surface area (Å²) in [5, 5.41) is 2.76. The van der Waals surface area contributed by atoms with E-state index in [2.05, 4.69) is 5.32 Å². The number of methoxy groups -OCH3 is 1. The lowest BCUT2D eigenvalue weighted by molar-refractivity contribution is -0.121. The Labute approximate surface area is 163 Å². The predicted molar refractivity (Wildman–Crippen MR) is 103 cm³/mol. The fraction of sp³-hybridized carbons (Fsp3) is 0.286. The van der Waals surface area contributed by atoms with E-state index < -0.39 is 0 Å². The standard InChI is InChI=1S/C21H22N2O5/c1-27-15-6-4-7-16(14-15)28-13-11-22-19(24)10-5-12-23-20(25)17-8-2-3-9-18(17)21(23)26/h2-4,6-9,14H,5,10-13H2,1H3,(H,22,24). The number of carbonyl (C=O) groups is 3. The number of imide groups is 1. The lowest BCUT2D eigenvalue weighted by Crippen LogP contribution is -2.32. The molecule has 7 nitrogen and oxygen atoms in total. The second-order valence-corrected chi connectivity index (χ2v) is 6.29. The van der Waals surface area contributed by atoms with Crippen LogP contribution >= 0.6 is 0 Å². The quantitative estimate of drug-likeness (QED) is 0.531. The number of hydrogen-bond acceptors (Lipinski definition) is 5. The zero-order chi connectivity index (χ0) is 19.9. The molecule has 2 aromatic carbocycles. The molecule has 3 rings (SSSR count). The molecule has 0 aromatic heterocycles. The molecule has 3 amide bonds. The van der Waals surface area contributed by atoms with Crippen LogP contribution in [0.3, 0.4) is 0 Å². The average molecular weight is 382 g/mol. The predicted octanol–water partition coefficient (Wildman–Crippen LogP) is 2.27. The summed E-state index contributed by atoms with van der Waals surface area (Å²) >= 11 is 0. The maximum atomic E-state index is 12.3. The van der Waals surface area contributed by atoms with Gasteiger partial charge in [0, 0.05) is 19.0 Å². The van der Waals surface area contributed by atoms with Gasteiger partial charge in [0.15, 0.2) is 0 Å². The normalized spacial score (nSPS) is 12.7. The molecule has 0 radical (unpaired) electrons. The Morgan fingerprint density at radius 3 is 2.36 bits per heavy atom.